The van der Waals surface area contributed by atoms with E-state index in [1.807, 2.05) is 37.2 Å². The van der Waals surface area contributed by atoms with Crippen LogP contribution < -0.4 is 16.0 Å². The maximum Gasteiger partial charge on any atom is 0.237 e. The van der Waals surface area contributed by atoms with Gasteiger partial charge < -0.3 is 16.0 Å². The number of amides is 1. The van der Waals surface area contributed by atoms with Crippen LogP contribution in [0.2, 0.25) is 0 Å². The van der Waals surface area contributed by atoms with Crippen molar-refractivity contribution in [3.63, 3.8) is 0 Å². The predicted molar refractivity (Wildman–Crippen MR) is 80.0 cm³/mol. The summed E-state index contributed by atoms with van der Waals surface area (Å²) < 4.78 is 0. The van der Waals surface area contributed by atoms with E-state index >= 15 is 0 Å². The van der Waals surface area contributed by atoms with Crippen LogP contribution in [-0.4, -0.2) is 26.0 Å². The molecule has 3 N–H and O–H groups in total. The molecular weight excluding hydrogens is 238 g/mol. The summed E-state index contributed by atoms with van der Waals surface area (Å²) in [4.78, 5) is 13.9. The molecule has 1 amide bonds. The highest BCUT2D eigenvalue weighted by atomic mass is 16.2. The summed E-state index contributed by atoms with van der Waals surface area (Å²) in [5, 5.41) is 2.89. The zero-order valence-electron chi connectivity index (χ0n) is 12.3. The van der Waals surface area contributed by atoms with Crippen molar-refractivity contribution in [1.82, 2.24) is 5.32 Å². The Hall–Kier alpha value is -1.55. The summed E-state index contributed by atoms with van der Waals surface area (Å²) in [5.74, 6) is 0.349. The fourth-order valence-electron chi connectivity index (χ4n) is 1.88. The normalized spacial score (nSPS) is 12.3. The predicted octanol–water partition coefficient (Wildman–Crippen LogP) is 1.74. The quantitative estimate of drug-likeness (QED) is 0.822. The summed E-state index contributed by atoms with van der Waals surface area (Å²) in [5.41, 5.74) is 8.04. The lowest BCUT2D eigenvalue weighted by molar-refractivity contribution is -0.122. The minimum Gasteiger partial charge on any atom is -0.378 e. The first kappa shape index (κ1) is 15.5. The molecule has 1 aromatic carbocycles. The fraction of sp³-hybridized carbons (Fsp3) is 0.533. The number of benzene rings is 1. The van der Waals surface area contributed by atoms with Gasteiger partial charge in [0, 0.05) is 26.3 Å². The van der Waals surface area contributed by atoms with Crippen LogP contribution in [0.4, 0.5) is 5.69 Å². The molecule has 0 bridgehead atoms. The van der Waals surface area contributed by atoms with Crippen molar-refractivity contribution >= 4 is 11.6 Å². The average Bonchev–Trinajstić information content (AvgIpc) is 2.35. The first-order chi connectivity index (χ1) is 8.90. The molecule has 4 heteroatoms. The molecule has 0 radical (unpaired) electrons. The molecule has 106 valence electrons. The minimum absolute atomic E-state index is 0.0797. The lowest BCUT2D eigenvalue weighted by Gasteiger charge is -2.16. The Balaban J connectivity index is 2.52. The van der Waals surface area contributed by atoms with Crippen LogP contribution in [0.3, 0.4) is 0 Å². The van der Waals surface area contributed by atoms with E-state index in [0.29, 0.717) is 18.9 Å². The average molecular weight is 263 g/mol. The van der Waals surface area contributed by atoms with Gasteiger partial charge in [-0.3, -0.25) is 4.79 Å². The van der Waals surface area contributed by atoms with Gasteiger partial charge in [-0.15, -0.1) is 0 Å². The molecule has 0 aliphatic rings. The third-order valence-electron chi connectivity index (χ3n) is 2.96. The Kier molecular flexibility index (Phi) is 5.83. The van der Waals surface area contributed by atoms with Gasteiger partial charge in [0.15, 0.2) is 0 Å². The summed E-state index contributed by atoms with van der Waals surface area (Å²) in [7, 11) is 3.99. The van der Waals surface area contributed by atoms with E-state index in [0.717, 1.165) is 11.3 Å². The Bertz CT molecular complexity index is 416. The van der Waals surface area contributed by atoms with E-state index in [2.05, 4.69) is 25.2 Å². The maximum absolute atomic E-state index is 11.8. The van der Waals surface area contributed by atoms with Crippen molar-refractivity contribution in [2.45, 2.75) is 32.9 Å². The number of hydrogen-bond acceptors (Lipinski definition) is 3. The summed E-state index contributed by atoms with van der Waals surface area (Å²) in [6, 6.07) is 7.67. The molecule has 0 heterocycles. The monoisotopic (exact) mass is 263 g/mol. The zero-order valence-corrected chi connectivity index (χ0v) is 12.3. The Labute approximate surface area is 116 Å². The molecule has 4 nitrogen and oxygen atoms in total. The second-order valence-electron chi connectivity index (χ2n) is 5.52. The second kappa shape index (κ2) is 7.14. The van der Waals surface area contributed by atoms with E-state index in [9.17, 15) is 4.79 Å². The van der Waals surface area contributed by atoms with Crippen molar-refractivity contribution in [1.29, 1.82) is 0 Å². The van der Waals surface area contributed by atoms with Crippen molar-refractivity contribution in [3.05, 3.63) is 29.8 Å². The van der Waals surface area contributed by atoms with Crippen molar-refractivity contribution < 1.29 is 4.79 Å². The molecule has 0 spiro atoms. The van der Waals surface area contributed by atoms with Gasteiger partial charge in [0.2, 0.25) is 5.91 Å². The molecule has 0 aliphatic carbocycles. The van der Waals surface area contributed by atoms with E-state index in [1.54, 1.807) is 0 Å². The van der Waals surface area contributed by atoms with Gasteiger partial charge >= 0.3 is 0 Å². The molecule has 1 rings (SSSR count). The molecule has 0 aromatic heterocycles. The first-order valence-electron chi connectivity index (χ1n) is 6.69. The Morgan fingerprint density at radius 2 is 2.05 bits per heavy atom. The first-order valence-corrected chi connectivity index (χ1v) is 6.69. The highest BCUT2D eigenvalue weighted by molar-refractivity contribution is 5.81. The number of carbonyl (C=O) groups is 1. The molecule has 0 fully saturated rings. The highest BCUT2D eigenvalue weighted by Gasteiger charge is 2.14. The maximum atomic E-state index is 11.8. The number of nitrogens with zero attached hydrogens (tertiary/aromatic N) is 1. The summed E-state index contributed by atoms with van der Waals surface area (Å²) >= 11 is 0. The van der Waals surface area contributed by atoms with Crippen molar-refractivity contribution in [2.24, 2.45) is 11.7 Å². The van der Waals surface area contributed by atoms with E-state index in [4.69, 9.17) is 5.73 Å². The molecule has 0 unspecified atom stereocenters. The topological polar surface area (TPSA) is 58.4 Å². The lowest BCUT2D eigenvalue weighted by atomic mass is 10.0. The zero-order chi connectivity index (χ0) is 14.4. The number of nitrogens with one attached hydrogen (secondary N) is 1. The number of anilines is 1. The van der Waals surface area contributed by atoms with Gasteiger partial charge in [-0.05, 0) is 30.0 Å². The number of nitrogens with two attached hydrogens (primary N) is 1. The minimum atomic E-state index is -0.419. The van der Waals surface area contributed by atoms with Gasteiger partial charge in [-0.1, -0.05) is 26.0 Å². The lowest BCUT2D eigenvalue weighted by Crippen LogP contribution is -2.41. The largest absolute Gasteiger partial charge is 0.378 e. The number of hydrogen-bond donors (Lipinski definition) is 2. The summed E-state index contributed by atoms with van der Waals surface area (Å²) in [6.45, 7) is 4.65. The van der Waals surface area contributed by atoms with Gasteiger partial charge in [0.1, 0.15) is 0 Å². The third kappa shape index (κ3) is 5.30. The molecular formula is C15H25N3O. The van der Waals surface area contributed by atoms with Crippen LogP contribution in [0, 0.1) is 5.92 Å². The van der Waals surface area contributed by atoms with Crippen LogP contribution in [-0.2, 0) is 11.3 Å². The molecule has 0 saturated heterocycles. The van der Waals surface area contributed by atoms with E-state index < -0.39 is 6.04 Å². The SMILES string of the molecule is CC(C)C[C@H](N)C(=O)NCc1cccc(N(C)C)c1. The molecule has 1 aromatic rings. The molecule has 19 heavy (non-hydrogen) atoms. The molecule has 0 saturated carbocycles. The van der Waals surface area contributed by atoms with Gasteiger partial charge in [-0.2, -0.15) is 0 Å². The van der Waals surface area contributed by atoms with Crippen LogP contribution in [0.1, 0.15) is 25.8 Å². The van der Waals surface area contributed by atoms with E-state index in [-0.39, 0.29) is 5.91 Å². The standard InChI is InChI=1S/C15H25N3O/c1-11(2)8-14(16)15(19)17-10-12-6-5-7-13(9-12)18(3)4/h5-7,9,11,14H,8,10,16H2,1-4H3,(H,17,19)/t14-/m0/s1. The number of carbonyl (C=O) groups excluding carboxylic acids is 1. The molecule has 0 aliphatic heterocycles. The third-order valence-corrected chi connectivity index (χ3v) is 2.96. The Morgan fingerprint density at radius 1 is 1.37 bits per heavy atom. The molecule has 1 atom stereocenters. The fourth-order valence-corrected chi connectivity index (χ4v) is 1.88. The second-order valence-corrected chi connectivity index (χ2v) is 5.52. The highest BCUT2D eigenvalue weighted by Crippen LogP contribution is 2.13. The number of rotatable bonds is 6. The van der Waals surface area contributed by atoms with Crippen molar-refractivity contribution in [3.8, 4) is 0 Å². The van der Waals surface area contributed by atoms with Crippen LogP contribution in [0.5, 0.6) is 0 Å². The smallest absolute Gasteiger partial charge is 0.237 e. The Morgan fingerprint density at radius 3 is 2.63 bits per heavy atom. The van der Waals surface area contributed by atoms with Gasteiger partial charge in [0.05, 0.1) is 6.04 Å². The van der Waals surface area contributed by atoms with E-state index in [1.165, 1.54) is 0 Å². The van der Waals surface area contributed by atoms with Crippen LogP contribution in [0.25, 0.3) is 0 Å². The van der Waals surface area contributed by atoms with Crippen LogP contribution in [0.15, 0.2) is 24.3 Å². The summed E-state index contributed by atoms with van der Waals surface area (Å²) in [6.07, 6.45) is 0.712. The van der Waals surface area contributed by atoms with Gasteiger partial charge in [0.25, 0.3) is 0 Å². The van der Waals surface area contributed by atoms with Gasteiger partial charge in [-0.25, -0.2) is 0 Å². The van der Waals surface area contributed by atoms with Crippen LogP contribution >= 0.6 is 0 Å². The van der Waals surface area contributed by atoms with Crippen molar-refractivity contribution in [2.75, 3.05) is 19.0 Å².